The highest BCUT2D eigenvalue weighted by atomic mass is 16.5. The van der Waals surface area contributed by atoms with E-state index >= 15 is 0 Å². The number of ether oxygens (including phenoxy) is 2. The standard InChI is InChI=1S/C39H61N5O10/c1-4-5-6-7-8-9-10-11-12-23-34(47)43(51)24-17-16-21-31(41-38(50)39(3)27-53-35(42-39)29-19-13-14-22-32(29)45)37(49)54-28(2)26-33(46)40-30-20-15-18-25-44(52)36(30)48/h13-14,19,22,28,30-31,45,51-52H,4-12,15-18,20-21,23-27H2,1-3H3,(H,40,46)(H,41,50)/t28-,30+,31+,39-/m1/s1. The largest absolute Gasteiger partial charge is 0.507 e. The number of carbonyl (C=O) groups excluding carboxylic acids is 5. The number of phenols is 1. The Morgan fingerprint density at radius 3 is 2.43 bits per heavy atom. The maximum Gasteiger partial charge on any atom is 0.328 e. The summed E-state index contributed by atoms with van der Waals surface area (Å²) in [5, 5.41) is 37.1. The van der Waals surface area contributed by atoms with Gasteiger partial charge in [0, 0.05) is 19.5 Å². The number of rotatable bonds is 23. The van der Waals surface area contributed by atoms with Crippen molar-refractivity contribution in [2.75, 3.05) is 19.7 Å². The van der Waals surface area contributed by atoms with Crippen LogP contribution in [-0.2, 0) is 33.4 Å². The number of nitrogens with one attached hydrogen (secondary N) is 2. The summed E-state index contributed by atoms with van der Waals surface area (Å²) in [5.74, 6) is -2.91. The van der Waals surface area contributed by atoms with E-state index in [1.54, 1.807) is 18.2 Å². The average molecular weight is 760 g/mol. The zero-order valence-electron chi connectivity index (χ0n) is 32.2. The Hall–Kier alpha value is -4.24. The van der Waals surface area contributed by atoms with Crippen LogP contribution in [0, 0.1) is 0 Å². The van der Waals surface area contributed by atoms with Crippen molar-refractivity contribution in [3.8, 4) is 5.75 Å². The van der Waals surface area contributed by atoms with Gasteiger partial charge in [0.25, 0.3) is 11.8 Å². The summed E-state index contributed by atoms with van der Waals surface area (Å²) in [6, 6.07) is 4.36. The van der Waals surface area contributed by atoms with Crippen molar-refractivity contribution in [1.29, 1.82) is 0 Å². The van der Waals surface area contributed by atoms with E-state index in [9.17, 15) is 39.5 Å². The molecule has 5 N–H and O–H groups in total. The van der Waals surface area contributed by atoms with Gasteiger partial charge in [-0.25, -0.2) is 19.9 Å². The number of hydrogen-bond donors (Lipinski definition) is 5. The molecule has 0 radical (unpaired) electrons. The smallest absolute Gasteiger partial charge is 0.328 e. The first-order valence-corrected chi connectivity index (χ1v) is 19.7. The van der Waals surface area contributed by atoms with Crippen molar-refractivity contribution in [1.82, 2.24) is 20.8 Å². The Balaban J connectivity index is 1.55. The van der Waals surface area contributed by atoms with Gasteiger partial charge in [-0.2, -0.15) is 0 Å². The van der Waals surface area contributed by atoms with Gasteiger partial charge < -0.3 is 25.2 Å². The van der Waals surface area contributed by atoms with Crippen LogP contribution in [0.3, 0.4) is 0 Å². The first kappa shape index (κ1) is 44.2. The number of benzene rings is 1. The lowest BCUT2D eigenvalue weighted by molar-refractivity contribution is -0.167. The lowest BCUT2D eigenvalue weighted by Gasteiger charge is -2.25. The van der Waals surface area contributed by atoms with Gasteiger partial charge in [0.15, 0.2) is 5.54 Å². The minimum absolute atomic E-state index is 0.0491. The number of unbranched alkanes of at least 4 members (excludes halogenated alkanes) is 9. The van der Waals surface area contributed by atoms with E-state index in [0.717, 1.165) is 19.3 Å². The molecule has 0 aliphatic carbocycles. The number of phenolic OH excluding ortho intramolecular Hbond substituents is 1. The van der Waals surface area contributed by atoms with Crippen LogP contribution in [0.25, 0.3) is 0 Å². The van der Waals surface area contributed by atoms with Crippen molar-refractivity contribution < 1.29 is 49.0 Å². The monoisotopic (exact) mass is 759 g/mol. The fourth-order valence-electron chi connectivity index (χ4n) is 6.41. The molecule has 1 fully saturated rings. The highest BCUT2D eigenvalue weighted by Gasteiger charge is 2.42. The number of esters is 1. The van der Waals surface area contributed by atoms with Crippen LogP contribution in [0.5, 0.6) is 5.75 Å². The second-order valence-corrected chi connectivity index (χ2v) is 14.6. The van der Waals surface area contributed by atoms with Crippen LogP contribution < -0.4 is 10.6 Å². The normalized spacial score (nSPS) is 19.6. The van der Waals surface area contributed by atoms with Gasteiger partial charge in [0.05, 0.1) is 12.0 Å². The maximum atomic E-state index is 13.6. The second kappa shape index (κ2) is 22.9. The Morgan fingerprint density at radius 1 is 1.04 bits per heavy atom. The second-order valence-electron chi connectivity index (χ2n) is 14.6. The van der Waals surface area contributed by atoms with Crippen molar-refractivity contribution in [2.45, 2.75) is 154 Å². The predicted molar refractivity (Wildman–Crippen MR) is 200 cm³/mol. The Morgan fingerprint density at radius 2 is 1.72 bits per heavy atom. The molecule has 4 atom stereocenters. The van der Waals surface area contributed by atoms with Crippen LogP contribution >= 0.6 is 0 Å². The quantitative estimate of drug-likeness (QED) is 0.0440. The summed E-state index contributed by atoms with van der Waals surface area (Å²) >= 11 is 0. The molecule has 15 heteroatoms. The SMILES string of the molecule is CCCCCCCCCCCC(=O)N(O)CCCC[C@H](NC(=O)[C@@]1(C)COC(c2ccccc2O)=N1)C(=O)O[C@H](C)CC(=O)N[C@H]1CCCCN(O)C1=O. The summed E-state index contributed by atoms with van der Waals surface area (Å²) in [7, 11) is 0. The van der Waals surface area contributed by atoms with Crippen LogP contribution in [0.15, 0.2) is 29.3 Å². The van der Waals surface area contributed by atoms with E-state index in [2.05, 4.69) is 22.5 Å². The van der Waals surface area contributed by atoms with Crippen LogP contribution in [-0.4, -0.2) is 105 Å². The molecule has 1 aromatic rings. The molecule has 4 amide bonds. The highest BCUT2D eigenvalue weighted by Crippen LogP contribution is 2.26. The van der Waals surface area contributed by atoms with Crippen LogP contribution in [0.4, 0.5) is 0 Å². The van der Waals surface area contributed by atoms with E-state index in [4.69, 9.17) is 9.47 Å². The van der Waals surface area contributed by atoms with Crippen molar-refractivity contribution in [3.63, 3.8) is 0 Å². The third-order valence-corrected chi connectivity index (χ3v) is 9.74. The van der Waals surface area contributed by atoms with Crippen LogP contribution in [0.2, 0.25) is 0 Å². The third kappa shape index (κ3) is 14.5. The molecule has 2 aliphatic rings. The molecule has 1 saturated heterocycles. The van der Waals surface area contributed by atoms with Crippen molar-refractivity contribution in [2.24, 2.45) is 4.99 Å². The molecule has 15 nitrogen and oxygen atoms in total. The minimum Gasteiger partial charge on any atom is -0.507 e. The number of hydrogen-bond acceptors (Lipinski definition) is 11. The molecular weight excluding hydrogens is 698 g/mol. The first-order chi connectivity index (χ1) is 25.8. The number of aliphatic imine (C=N–C) groups is 1. The fraction of sp³-hybridized carbons (Fsp3) is 0.692. The molecule has 0 saturated carbocycles. The lowest BCUT2D eigenvalue weighted by Crippen LogP contribution is -2.52. The van der Waals surface area contributed by atoms with Crippen molar-refractivity contribution in [3.05, 3.63) is 29.8 Å². The van der Waals surface area contributed by atoms with E-state index < -0.39 is 47.4 Å². The molecule has 1 aromatic carbocycles. The molecule has 0 unspecified atom stereocenters. The van der Waals surface area contributed by atoms with E-state index in [-0.39, 0.29) is 56.5 Å². The topological polar surface area (TPSA) is 207 Å². The highest BCUT2D eigenvalue weighted by molar-refractivity contribution is 6.02. The fourth-order valence-corrected chi connectivity index (χ4v) is 6.41. The molecule has 2 heterocycles. The zero-order valence-corrected chi connectivity index (χ0v) is 32.2. The summed E-state index contributed by atoms with van der Waals surface area (Å²) in [5.41, 5.74) is -1.12. The van der Waals surface area contributed by atoms with Crippen molar-refractivity contribution >= 4 is 35.5 Å². The number of carbonyl (C=O) groups is 5. The molecular formula is C39H61N5O10. The number of nitrogens with zero attached hydrogens (tertiary/aromatic N) is 3. The molecule has 3 rings (SSSR count). The maximum absolute atomic E-state index is 13.6. The summed E-state index contributed by atoms with van der Waals surface area (Å²) < 4.78 is 11.3. The first-order valence-electron chi connectivity index (χ1n) is 19.7. The van der Waals surface area contributed by atoms with Gasteiger partial charge in [0.1, 0.15) is 30.5 Å². The molecule has 0 aromatic heterocycles. The average Bonchev–Trinajstić information content (AvgIpc) is 3.48. The van der Waals surface area contributed by atoms with E-state index in [0.29, 0.717) is 54.2 Å². The number of amides is 4. The molecule has 0 bridgehead atoms. The van der Waals surface area contributed by atoms with Gasteiger partial charge >= 0.3 is 5.97 Å². The Labute approximate surface area is 318 Å². The van der Waals surface area contributed by atoms with Gasteiger partial charge in [-0.15, -0.1) is 0 Å². The van der Waals surface area contributed by atoms with Gasteiger partial charge in [-0.3, -0.25) is 29.6 Å². The van der Waals surface area contributed by atoms with E-state index in [1.807, 2.05) is 0 Å². The Bertz CT molecular complexity index is 1420. The summed E-state index contributed by atoms with van der Waals surface area (Å²) in [6.07, 6.45) is 11.5. The number of hydroxylamine groups is 4. The van der Waals surface area contributed by atoms with Crippen LogP contribution in [0.1, 0.15) is 135 Å². The summed E-state index contributed by atoms with van der Waals surface area (Å²) in [6.45, 7) is 5.34. The zero-order chi connectivity index (χ0) is 39.5. The van der Waals surface area contributed by atoms with Gasteiger partial charge in [0.2, 0.25) is 17.7 Å². The lowest BCUT2D eigenvalue weighted by atomic mass is 10.0. The Kier molecular flexibility index (Phi) is 18.7. The number of para-hydroxylation sites is 1. The van der Waals surface area contributed by atoms with Gasteiger partial charge in [-0.1, -0.05) is 70.4 Å². The summed E-state index contributed by atoms with van der Waals surface area (Å²) in [4.78, 5) is 69.1. The third-order valence-electron chi connectivity index (χ3n) is 9.74. The molecule has 0 spiro atoms. The molecule has 54 heavy (non-hydrogen) atoms. The molecule has 302 valence electrons. The minimum atomic E-state index is -1.43. The number of aromatic hydroxyl groups is 1. The van der Waals surface area contributed by atoms with Gasteiger partial charge in [-0.05, 0) is 70.9 Å². The van der Waals surface area contributed by atoms with E-state index in [1.165, 1.54) is 52.0 Å². The molecule has 2 aliphatic heterocycles. The predicted octanol–water partition coefficient (Wildman–Crippen LogP) is 4.93.